The van der Waals surface area contributed by atoms with Gasteiger partial charge in [0.2, 0.25) is 0 Å². The molecular formula is C9H14N2S. The lowest BCUT2D eigenvalue weighted by atomic mass is 10.0. The van der Waals surface area contributed by atoms with Crippen molar-refractivity contribution >= 4 is 16.3 Å². The molecule has 0 bridgehead atoms. The maximum absolute atomic E-state index is 5.68. The molecule has 0 aromatic carbocycles. The van der Waals surface area contributed by atoms with Gasteiger partial charge in [0, 0.05) is 10.9 Å². The second-order valence-electron chi connectivity index (χ2n) is 3.24. The predicted molar refractivity (Wildman–Crippen MR) is 53.3 cm³/mol. The van der Waals surface area contributed by atoms with E-state index in [1.807, 2.05) is 6.07 Å². The number of nitrogens with one attached hydrogen (secondary N) is 1. The van der Waals surface area contributed by atoms with Crippen LogP contribution in [0.5, 0.6) is 0 Å². The van der Waals surface area contributed by atoms with Crippen molar-refractivity contribution in [1.82, 2.24) is 5.32 Å². The highest BCUT2D eigenvalue weighted by molar-refractivity contribution is 7.15. The van der Waals surface area contributed by atoms with Crippen LogP contribution in [0.3, 0.4) is 0 Å². The summed E-state index contributed by atoms with van der Waals surface area (Å²) in [4.78, 5) is 1.40. The normalized spacial score (nSPS) is 24.2. The Hall–Kier alpha value is -0.540. The number of nitrogen functional groups attached to an aromatic ring is 1. The topological polar surface area (TPSA) is 38.0 Å². The highest BCUT2D eigenvalue weighted by Crippen LogP contribution is 2.29. The quantitative estimate of drug-likeness (QED) is 0.698. The number of piperidine rings is 1. The van der Waals surface area contributed by atoms with Crippen LogP contribution in [-0.4, -0.2) is 6.54 Å². The Morgan fingerprint density at radius 2 is 2.33 bits per heavy atom. The summed E-state index contributed by atoms with van der Waals surface area (Å²) in [6.45, 7) is 1.16. The van der Waals surface area contributed by atoms with Gasteiger partial charge in [-0.2, -0.15) is 0 Å². The third-order valence-electron chi connectivity index (χ3n) is 2.30. The van der Waals surface area contributed by atoms with E-state index in [1.165, 1.54) is 24.1 Å². The molecule has 2 heterocycles. The van der Waals surface area contributed by atoms with Gasteiger partial charge in [-0.3, -0.25) is 0 Å². The number of nitrogens with two attached hydrogens (primary N) is 1. The molecule has 1 aliphatic rings. The van der Waals surface area contributed by atoms with Crippen molar-refractivity contribution in [3.05, 3.63) is 17.0 Å². The summed E-state index contributed by atoms with van der Waals surface area (Å²) in [5.41, 5.74) is 5.68. The van der Waals surface area contributed by atoms with E-state index in [0.717, 1.165) is 11.5 Å². The molecule has 1 fully saturated rings. The van der Waals surface area contributed by atoms with Gasteiger partial charge in [0.05, 0.1) is 5.00 Å². The third kappa shape index (κ3) is 1.62. The summed E-state index contributed by atoms with van der Waals surface area (Å²) >= 11 is 1.71. The molecule has 1 saturated heterocycles. The van der Waals surface area contributed by atoms with Gasteiger partial charge in [0.25, 0.3) is 0 Å². The number of hydrogen-bond acceptors (Lipinski definition) is 3. The summed E-state index contributed by atoms with van der Waals surface area (Å²) < 4.78 is 0. The second-order valence-corrected chi connectivity index (χ2v) is 4.39. The fourth-order valence-corrected chi connectivity index (χ4v) is 2.54. The van der Waals surface area contributed by atoms with Crippen LogP contribution >= 0.6 is 11.3 Å². The molecule has 1 atom stereocenters. The molecule has 12 heavy (non-hydrogen) atoms. The summed E-state index contributed by atoms with van der Waals surface area (Å²) in [7, 11) is 0. The third-order valence-corrected chi connectivity index (χ3v) is 3.33. The summed E-state index contributed by atoms with van der Waals surface area (Å²) in [6, 6.07) is 4.71. The highest BCUT2D eigenvalue weighted by atomic mass is 32.1. The standard InChI is InChI=1S/C9H14N2S/c10-9-5-4-8(12-9)7-3-1-2-6-11-7/h4-5,7,11H,1-3,6,10H2/t7-/m1/s1. The first-order valence-electron chi connectivity index (χ1n) is 4.45. The van der Waals surface area contributed by atoms with Gasteiger partial charge < -0.3 is 11.1 Å². The fourth-order valence-electron chi connectivity index (χ4n) is 1.65. The van der Waals surface area contributed by atoms with Gasteiger partial charge in [-0.05, 0) is 31.5 Å². The number of thiophene rings is 1. The van der Waals surface area contributed by atoms with Crippen LogP contribution in [0.1, 0.15) is 30.2 Å². The average Bonchev–Trinajstić information content (AvgIpc) is 2.54. The Labute approximate surface area is 76.8 Å². The fraction of sp³-hybridized carbons (Fsp3) is 0.556. The smallest absolute Gasteiger partial charge is 0.0859 e. The second kappa shape index (κ2) is 3.46. The lowest BCUT2D eigenvalue weighted by Crippen LogP contribution is -2.25. The van der Waals surface area contributed by atoms with Crippen molar-refractivity contribution in [2.45, 2.75) is 25.3 Å². The SMILES string of the molecule is Nc1ccc([C@H]2CCCCN2)s1. The first kappa shape index (κ1) is 8.08. The lowest BCUT2D eigenvalue weighted by Gasteiger charge is -2.21. The zero-order valence-electron chi connectivity index (χ0n) is 7.05. The van der Waals surface area contributed by atoms with Gasteiger partial charge in [-0.1, -0.05) is 6.42 Å². The van der Waals surface area contributed by atoms with Crippen LogP contribution in [0.25, 0.3) is 0 Å². The van der Waals surface area contributed by atoms with E-state index in [9.17, 15) is 0 Å². The Bertz CT molecular complexity index is 251. The van der Waals surface area contributed by atoms with Crippen molar-refractivity contribution in [2.24, 2.45) is 0 Å². The van der Waals surface area contributed by atoms with Crippen LogP contribution < -0.4 is 11.1 Å². The monoisotopic (exact) mass is 182 g/mol. The molecule has 2 nitrogen and oxygen atoms in total. The van der Waals surface area contributed by atoms with Crippen LogP contribution in [0.2, 0.25) is 0 Å². The van der Waals surface area contributed by atoms with Crippen LogP contribution in [-0.2, 0) is 0 Å². The minimum atomic E-state index is 0.570. The maximum Gasteiger partial charge on any atom is 0.0859 e. The minimum absolute atomic E-state index is 0.570. The first-order valence-corrected chi connectivity index (χ1v) is 5.26. The van der Waals surface area contributed by atoms with Crippen molar-refractivity contribution in [3.63, 3.8) is 0 Å². The van der Waals surface area contributed by atoms with Gasteiger partial charge in [-0.15, -0.1) is 11.3 Å². The molecule has 0 amide bonds. The van der Waals surface area contributed by atoms with Crippen molar-refractivity contribution in [3.8, 4) is 0 Å². The molecule has 1 aromatic rings. The van der Waals surface area contributed by atoms with Crippen LogP contribution in [0.4, 0.5) is 5.00 Å². The molecule has 0 spiro atoms. The zero-order chi connectivity index (χ0) is 8.39. The molecule has 0 saturated carbocycles. The first-order chi connectivity index (χ1) is 5.86. The molecule has 0 radical (unpaired) electrons. The van der Waals surface area contributed by atoms with Crippen LogP contribution in [0.15, 0.2) is 12.1 Å². The van der Waals surface area contributed by atoms with Gasteiger partial charge in [0.1, 0.15) is 0 Å². The van der Waals surface area contributed by atoms with Gasteiger partial charge in [0.15, 0.2) is 0 Å². The maximum atomic E-state index is 5.68. The van der Waals surface area contributed by atoms with E-state index in [1.54, 1.807) is 11.3 Å². The lowest BCUT2D eigenvalue weighted by molar-refractivity contribution is 0.417. The van der Waals surface area contributed by atoms with Gasteiger partial charge >= 0.3 is 0 Å². The Morgan fingerprint density at radius 3 is 2.92 bits per heavy atom. The van der Waals surface area contributed by atoms with E-state index in [4.69, 9.17) is 5.73 Å². The molecule has 3 heteroatoms. The van der Waals surface area contributed by atoms with Gasteiger partial charge in [-0.25, -0.2) is 0 Å². The van der Waals surface area contributed by atoms with E-state index in [0.29, 0.717) is 6.04 Å². The summed E-state index contributed by atoms with van der Waals surface area (Å²) in [5.74, 6) is 0. The predicted octanol–water partition coefficient (Wildman–Crippen LogP) is 2.14. The summed E-state index contributed by atoms with van der Waals surface area (Å²) in [5, 5.41) is 4.43. The number of rotatable bonds is 1. The largest absolute Gasteiger partial charge is 0.391 e. The molecule has 2 rings (SSSR count). The Balaban J connectivity index is 2.08. The molecule has 0 aliphatic carbocycles. The summed E-state index contributed by atoms with van der Waals surface area (Å²) in [6.07, 6.45) is 3.92. The number of anilines is 1. The molecule has 66 valence electrons. The molecule has 3 N–H and O–H groups in total. The zero-order valence-corrected chi connectivity index (χ0v) is 7.86. The van der Waals surface area contributed by atoms with E-state index in [-0.39, 0.29) is 0 Å². The minimum Gasteiger partial charge on any atom is -0.391 e. The molecule has 0 unspecified atom stereocenters. The molecule has 1 aliphatic heterocycles. The van der Waals surface area contributed by atoms with Crippen molar-refractivity contribution in [2.75, 3.05) is 12.3 Å². The van der Waals surface area contributed by atoms with Crippen molar-refractivity contribution < 1.29 is 0 Å². The average molecular weight is 182 g/mol. The highest BCUT2D eigenvalue weighted by Gasteiger charge is 2.15. The Morgan fingerprint density at radius 1 is 1.42 bits per heavy atom. The molecular weight excluding hydrogens is 168 g/mol. The van der Waals surface area contributed by atoms with Crippen LogP contribution in [0, 0.1) is 0 Å². The van der Waals surface area contributed by atoms with E-state index in [2.05, 4.69) is 11.4 Å². The molecule has 1 aromatic heterocycles. The Kier molecular flexibility index (Phi) is 2.33. The van der Waals surface area contributed by atoms with E-state index < -0.39 is 0 Å². The number of hydrogen-bond donors (Lipinski definition) is 2. The van der Waals surface area contributed by atoms with E-state index >= 15 is 0 Å². The van der Waals surface area contributed by atoms with Crippen molar-refractivity contribution in [1.29, 1.82) is 0 Å².